The van der Waals surface area contributed by atoms with Crippen molar-refractivity contribution in [3.05, 3.63) is 58.7 Å². The van der Waals surface area contributed by atoms with Crippen molar-refractivity contribution in [2.45, 2.75) is 26.9 Å². The molecule has 0 bridgehead atoms. The average Bonchev–Trinajstić information content (AvgIpc) is 2.49. The number of methoxy groups -OCH3 is 1. The van der Waals surface area contributed by atoms with Crippen molar-refractivity contribution in [2.24, 2.45) is 0 Å². The fourth-order valence-electron chi connectivity index (χ4n) is 2.45. The van der Waals surface area contributed by atoms with Crippen LogP contribution >= 0.6 is 0 Å². The molecular weight excluding hydrogens is 264 g/mol. The standard InChI is InChI=1S/C18H22O3/c1-5-21-15-8-6-7-14(11-15)18(19)16-9-13(3)17(20-4)10-12(16)2/h6-11,18-19H,5H2,1-4H3. The minimum absolute atomic E-state index is 0.611. The van der Waals surface area contributed by atoms with Gasteiger partial charge in [-0.15, -0.1) is 0 Å². The number of rotatable bonds is 5. The first-order valence-electron chi connectivity index (χ1n) is 7.12. The summed E-state index contributed by atoms with van der Waals surface area (Å²) < 4.78 is 10.8. The van der Waals surface area contributed by atoms with Gasteiger partial charge in [0.2, 0.25) is 0 Å². The average molecular weight is 286 g/mol. The van der Waals surface area contributed by atoms with Gasteiger partial charge in [0.15, 0.2) is 0 Å². The molecule has 3 nitrogen and oxygen atoms in total. The van der Waals surface area contributed by atoms with E-state index in [0.717, 1.165) is 33.8 Å². The number of aliphatic hydroxyl groups excluding tert-OH is 1. The van der Waals surface area contributed by atoms with E-state index in [1.807, 2.05) is 57.2 Å². The van der Waals surface area contributed by atoms with E-state index < -0.39 is 6.10 Å². The van der Waals surface area contributed by atoms with E-state index in [9.17, 15) is 5.11 Å². The molecule has 1 atom stereocenters. The van der Waals surface area contributed by atoms with E-state index in [1.165, 1.54) is 0 Å². The number of hydrogen-bond donors (Lipinski definition) is 1. The molecule has 0 heterocycles. The predicted octanol–water partition coefficient (Wildman–Crippen LogP) is 3.79. The Morgan fingerprint density at radius 3 is 2.52 bits per heavy atom. The third-order valence-electron chi connectivity index (χ3n) is 3.56. The van der Waals surface area contributed by atoms with Crippen LogP contribution in [0.15, 0.2) is 36.4 Å². The highest BCUT2D eigenvalue weighted by Gasteiger charge is 2.15. The highest BCUT2D eigenvalue weighted by molar-refractivity contribution is 5.45. The van der Waals surface area contributed by atoms with Gasteiger partial charge in [0.1, 0.15) is 17.6 Å². The summed E-state index contributed by atoms with van der Waals surface area (Å²) in [5.74, 6) is 1.61. The van der Waals surface area contributed by atoms with Crippen LogP contribution in [0.2, 0.25) is 0 Å². The molecule has 0 fully saturated rings. The maximum absolute atomic E-state index is 10.7. The van der Waals surface area contributed by atoms with Crippen LogP contribution in [0, 0.1) is 13.8 Å². The fourth-order valence-corrected chi connectivity index (χ4v) is 2.45. The molecule has 0 saturated carbocycles. The molecule has 2 rings (SSSR count). The third-order valence-corrected chi connectivity index (χ3v) is 3.56. The normalized spacial score (nSPS) is 12.0. The lowest BCUT2D eigenvalue weighted by molar-refractivity contribution is 0.218. The van der Waals surface area contributed by atoms with Gasteiger partial charge in [-0.2, -0.15) is 0 Å². The molecule has 0 aliphatic rings. The molecule has 3 heteroatoms. The molecule has 0 spiro atoms. The first-order valence-corrected chi connectivity index (χ1v) is 7.12. The highest BCUT2D eigenvalue weighted by Crippen LogP contribution is 2.31. The van der Waals surface area contributed by atoms with Crippen molar-refractivity contribution in [1.82, 2.24) is 0 Å². The number of hydrogen-bond acceptors (Lipinski definition) is 3. The molecule has 2 aromatic carbocycles. The van der Waals surface area contributed by atoms with Gasteiger partial charge in [0.05, 0.1) is 13.7 Å². The van der Waals surface area contributed by atoms with Crippen LogP contribution in [-0.2, 0) is 0 Å². The molecule has 2 aromatic rings. The van der Waals surface area contributed by atoms with Gasteiger partial charge < -0.3 is 14.6 Å². The summed E-state index contributed by atoms with van der Waals surface area (Å²) in [5, 5.41) is 10.7. The topological polar surface area (TPSA) is 38.7 Å². The smallest absolute Gasteiger partial charge is 0.122 e. The lowest BCUT2D eigenvalue weighted by Crippen LogP contribution is -2.04. The summed E-state index contributed by atoms with van der Waals surface area (Å²) >= 11 is 0. The van der Waals surface area contributed by atoms with Crippen LogP contribution in [0.5, 0.6) is 11.5 Å². The van der Waals surface area contributed by atoms with Crippen LogP contribution in [0.4, 0.5) is 0 Å². The van der Waals surface area contributed by atoms with Crippen molar-refractivity contribution in [1.29, 1.82) is 0 Å². The van der Waals surface area contributed by atoms with E-state index in [4.69, 9.17) is 9.47 Å². The number of aliphatic hydroxyl groups is 1. The van der Waals surface area contributed by atoms with Gasteiger partial charge in [-0.3, -0.25) is 0 Å². The summed E-state index contributed by atoms with van der Waals surface area (Å²) in [7, 11) is 1.66. The molecule has 0 radical (unpaired) electrons. The molecule has 0 saturated heterocycles. The highest BCUT2D eigenvalue weighted by atomic mass is 16.5. The minimum Gasteiger partial charge on any atom is -0.496 e. The third kappa shape index (κ3) is 3.37. The van der Waals surface area contributed by atoms with Gasteiger partial charge in [0.25, 0.3) is 0 Å². The zero-order chi connectivity index (χ0) is 15.4. The Kier molecular flexibility index (Phi) is 4.86. The quantitative estimate of drug-likeness (QED) is 0.908. The van der Waals surface area contributed by atoms with E-state index >= 15 is 0 Å². The Hall–Kier alpha value is -2.00. The Bertz CT molecular complexity index is 620. The zero-order valence-electron chi connectivity index (χ0n) is 13.0. The monoisotopic (exact) mass is 286 g/mol. The second kappa shape index (κ2) is 6.64. The van der Waals surface area contributed by atoms with Crippen LogP contribution in [0.3, 0.4) is 0 Å². The molecule has 0 aliphatic heterocycles. The maximum atomic E-state index is 10.7. The van der Waals surface area contributed by atoms with Crippen molar-refractivity contribution in [2.75, 3.05) is 13.7 Å². The second-order valence-corrected chi connectivity index (χ2v) is 5.09. The van der Waals surface area contributed by atoms with Gasteiger partial charge in [0, 0.05) is 0 Å². The van der Waals surface area contributed by atoms with Crippen LogP contribution in [-0.4, -0.2) is 18.8 Å². The largest absolute Gasteiger partial charge is 0.496 e. The molecule has 0 aliphatic carbocycles. The predicted molar refractivity (Wildman–Crippen MR) is 84.1 cm³/mol. The number of benzene rings is 2. The van der Waals surface area contributed by atoms with E-state index in [-0.39, 0.29) is 0 Å². The van der Waals surface area contributed by atoms with Crippen molar-refractivity contribution >= 4 is 0 Å². The summed E-state index contributed by atoms with van der Waals surface area (Å²) in [6, 6.07) is 11.5. The Morgan fingerprint density at radius 2 is 1.86 bits per heavy atom. The van der Waals surface area contributed by atoms with Gasteiger partial charge in [-0.25, -0.2) is 0 Å². The second-order valence-electron chi connectivity index (χ2n) is 5.09. The van der Waals surface area contributed by atoms with E-state index in [1.54, 1.807) is 7.11 Å². The molecule has 0 aromatic heterocycles. The van der Waals surface area contributed by atoms with Crippen LogP contribution in [0.25, 0.3) is 0 Å². The van der Waals surface area contributed by atoms with Crippen molar-refractivity contribution in [3.63, 3.8) is 0 Å². The Labute approximate surface area is 126 Å². The first kappa shape index (κ1) is 15.4. The minimum atomic E-state index is -0.671. The lowest BCUT2D eigenvalue weighted by Gasteiger charge is -2.17. The Morgan fingerprint density at radius 1 is 1.10 bits per heavy atom. The number of ether oxygens (including phenoxy) is 2. The number of aryl methyl sites for hydroxylation is 2. The van der Waals surface area contributed by atoms with Crippen LogP contribution < -0.4 is 9.47 Å². The fraction of sp³-hybridized carbons (Fsp3) is 0.333. The van der Waals surface area contributed by atoms with Crippen molar-refractivity contribution < 1.29 is 14.6 Å². The summed E-state index contributed by atoms with van der Waals surface area (Å²) in [6.45, 7) is 6.51. The lowest BCUT2D eigenvalue weighted by atomic mass is 9.95. The van der Waals surface area contributed by atoms with E-state index in [2.05, 4.69) is 0 Å². The van der Waals surface area contributed by atoms with E-state index in [0.29, 0.717) is 6.61 Å². The molecule has 1 unspecified atom stereocenters. The van der Waals surface area contributed by atoms with Crippen LogP contribution in [0.1, 0.15) is 35.3 Å². The van der Waals surface area contributed by atoms with Crippen molar-refractivity contribution in [3.8, 4) is 11.5 Å². The summed E-state index contributed by atoms with van der Waals surface area (Å²) in [4.78, 5) is 0. The molecule has 0 amide bonds. The van der Waals surface area contributed by atoms with Gasteiger partial charge in [-0.1, -0.05) is 12.1 Å². The molecule has 1 N–H and O–H groups in total. The zero-order valence-corrected chi connectivity index (χ0v) is 13.0. The van der Waals surface area contributed by atoms with Gasteiger partial charge in [-0.05, 0) is 67.3 Å². The molecule has 112 valence electrons. The SMILES string of the molecule is CCOc1cccc(C(O)c2cc(C)c(OC)cc2C)c1. The Balaban J connectivity index is 2.37. The molecular formula is C18H22O3. The maximum Gasteiger partial charge on any atom is 0.122 e. The summed E-state index contributed by atoms with van der Waals surface area (Å²) in [5.41, 5.74) is 3.74. The molecule has 21 heavy (non-hydrogen) atoms. The first-order chi connectivity index (χ1) is 10.1. The van der Waals surface area contributed by atoms with Gasteiger partial charge >= 0.3 is 0 Å². The summed E-state index contributed by atoms with van der Waals surface area (Å²) in [6.07, 6.45) is -0.671.